The van der Waals surface area contributed by atoms with Gasteiger partial charge in [-0.3, -0.25) is 0 Å². The van der Waals surface area contributed by atoms with Crippen LogP contribution in [0.3, 0.4) is 0 Å². The van der Waals surface area contributed by atoms with E-state index < -0.39 is 12.1 Å². The Balaban J connectivity index is 2.19. The van der Waals surface area contributed by atoms with E-state index in [0.717, 1.165) is 5.56 Å². The number of hydrogen-bond donors (Lipinski definition) is 0. The number of halogens is 1. The van der Waals surface area contributed by atoms with Crippen LogP contribution in [0.15, 0.2) is 36.4 Å². The average molecular weight is 305 g/mol. The highest BCUT2D eigenvalue weighted by Crippen LogP contribution is 2.45. The van der Waals surface area contributed by atoms with Crippen LogP contribution in [0.25, 0.3) is 0 Å². The number of methoxy groups -OCH3 is 2. The fourth-order valence-corrected chi connectivity index (χ4v) is 2.70. The minimum atomic E-state index is -0.568. The Labute approximate surface area is 127 Å². The fourth-order valence-electron chi connectivity index (χ4n) is 2.46. The fraction of sp³-hybridized carbons (Fsp3) is 0.188. The maximum absolute atomic E-state index is 12.1. The van der Waals surface area contributed by atoms with Gasteiger partial charge in [0.25, 0.3) is 0 Å². The van der Waals surface area contributed by atoms with Crippen molar-refractivity contribution in [1.29, 1.82) is 0 Å². The third-order valence-corrected chi connectivity index (χ3v) is 3.81. The van der Waals surface area contributed by atoms with Gasteiger partial charge in [-0.2, -0.15) is 0 Å². The largest absolute Gasteiger partial charge is 0.497 e. The zero-order chi connectivity index (χ0) is 15.0. The van der Waals surface area contributed by atoms with Crippen LogP contribution in [0.4, 0.5) is 0 Å². The number of ether oxygens (including phenoxy) is 3. The molecule has 5 heteroatoms. The van der Waals surface area contributed by atoms with E-state index >= 15 is 0 Å². The number of rotatable bonds is 3. The lowest BCUT2D eigenvalue weighted by Gasteiger charge is -2.15. The van der Waals surface area contributed by atoms with E-state index in [4.69, 9.17) is 25.8 Å². The molecular weight excluding hydrogens is 292 g/mol. The zero-order valence-corrected chi connectivity index (χ0v) is 12.3. The van der Waals surface area contributed by atoms with Gasteiger partial charge in [-0.15, -0.1) is 0 Å². The molecule has 0 N–H and O–H groups in total. The predicted octanol–water partition coefficient (Wildman–Crippen LogP) is 3.62. The van der Waals surface area contributed by atoms with Gasteiger partial charge in [0.15, 0.2) is 6.10 Å². The average Bonchev–Trinajstić information content (AvgIpc) is 2.84. The van der Waals surface area contributed by atoms with Crippen molar-refractivity contribution >= 4 is 17.6 Å². The summed E-state index contributed by atoms with van der Waals surface area (Å²) in [5, 5.41) is 0.543. The Hall–Kier alpha value is -2.20. The Morgan fingerprint density at radius 2 is 1.90 bits per heavy atom. The Bertz CT molecular complexity index is 711. The number of carbonyl (C=O) groups is 1. The zero-order valence-electron chi connectivity index (χ0n) is 11.6. The molecule has 0 saturated carbocycles. The maximum atomic E-state index is 12.1. The summed E-state index contributed by atoms with van der Waals surface area (Å²) in [7, 11) is 3.08. The number of hydrogen-bond acceptors (Lipinski definition) is 4. The van der Waals surface area contributed by atoms with Crippen LogP contribution in [0, 0.1) is 0 Å². The Morgan fingerprint density at radius 3 is 2.57 bits per heavy atom. The first-order valence-electron chi connectivity index (χ1n) is 6.37. The molecule has 1 aliphatic heterocycles. The maximum Gasteiger partial charge on any atom is 0.339 e. The van der Waals surface area contributed by atoms with Gasteiger partial charge in [0.1, 0.15) is 11.5 Å². The van der Waals surface area contributed by atoms with E-state index in [1.54, 1.807) is 25.3 Å². The van der Waals surface area contributed by atoms with Crippen LogP contribution in [0.5, 0.6) is 11.5 Å². The second-order valence-electron chi connectivity index (χ2n) is 4.60. The number of benzene rings is 2. The first kappa shape index (κ1) is 13.8. The first-order valence-corrected chi connectivity index (χ1v) is 6.75. The summed E-state index contributed by atoms with van der Waals surface area (Å²) in [6, 6.07) is 10.7. The minimum Gasteiger partial charge on any atom is -0.497 e. The van der Waals surface area contributed by atoms with Gasteiger partial charge in [-0.1, -0.05) is 29.8 Å². The minimum absolute atomic E-state index is 0.410. The van der Waals surface area contributed by atoms with Crippen LogP contribution in [0.2, 0.25) is 5.02 Å². The van der Waals surface area contributed by atoms with Gasteiger partial charge < -0.3 is 14.2 Å². The van der Waals surface area contributed by atoms with Crippen molar-refractivity contribution in [3.63, 3.8) is 0 Å². The second kappa shape index (κ2) is 5.30. The van der Waals surface area contributed by atoms with Gasteiger partial charge in [0.2, 0.25) is 0 Å². The summed E-state index contributed by atoms with van der Waals surface area (Å²) < 4.78 is 16.0. The van der Waals surface area contributed by atoms with E-state index in [1.807, 2.05) is 18.2 Å². The van der Waals surface area contributed by atoms with Crippen molar-refractivity contribution in [3.05, 3.63) is 58.1 Å². The van der Waals surface area contributed by atoms with Crippen molar-refractivity contribution in [3.8, 4) is 11.5 Å². The molecular formula is C16H13ClO4. The van der Waals surface area contributed by atoms with E-state index in [9.17, 15) is 4.79 Å². The van der Waals surface area contributed by atoms with E-state index in [2.05, 4.69) is 0 Å². The van der Waals surface area contributed by atoms with Crippen molar-refractivity contribution in [2.45, 2.75) is 6.10 Å². The lowest BCUT2D eigenvalue weighted by Crippen LogP contribution is -2.02. The molecule has 0 aromatic heterocycles. The number of fused-ring (bicyclic) bond motifs is 1. The van der Waals surface area contributed by atoms with Crippen molar-refractivity contribution in [2.75, 3.05) is 14.2 Å². The quantitative estimate of drug-likeness (QED) is 0.813. The molecule has 2 aromatic carbocycles. The molecule has 0 radical (unpaired) electrons. The lowest BCUT2D eigenvalue weighted by atomic mass is 9.98. The third-order valence-electron chi connectivity index (χ3n) is 3.47. The summed E-state index contributed by atoms with van der Waals surface area (Å²) in [6.45, 7) is 0. The molecule has 0 spiro atoms. The van der Waals surface area contributed by atoms with Crippen LogP contribution in [0.1, 0.15) is 27.6 Å². The molecule has 2 aromatic rings. The molecule has 1 aliphatic rings. The lowest BCUT2D eigenvalue weighted by molar-refractivity contribution is 0.0454. The Kier molecular flexibility index (Phi) is 3.47. The molecule has 3 rings (SSSR count). The molecule has 0 aliphatic carbocycles. The van der Waals surface area contributed by atoms with Gasteiger partial charge in [0.05, 0.1) is 25.3 Å². The van der Waals surface area contributed by atoms with Crippen molar-refractivity contribution < 1.29 is 19.0 Å². The van der Waals surface area contributed by atoms with E-state index in [-0.39, 0.29) is 0 Å². The molecule has 108 valence electrons. The standard InChI is InChI=1S/C16H13ClO4/c1-19-9-7-11-14(13(8-9)20-2)15(21-16(11)18)10-5-3-4-6-12(10)17/h3-8,15H,1-2H3. The summed E-state index contributed by atoms with van der Waals surface area (Å²) in [4.78, 5) is 12.1. The van der Waals surface area contributed by atoms with Gasteiger partial charge in [-0.05, 0) is 12.1 Å². The molecule has 21 heavy (non-hydrogen) atoms. The van der Waals surface area contributed by atoms with Crippen molar-refractivity contribution in [1.82, 2.24) is 0 Å². The molecule has 0 amide bonds. The predicted molar refractivity (Wildman–Crippen MR) is 78.3 cm³/mol. The van der Waals surface area contributed by atoms with Crippen LogP contribution < -0.4 is 9.47 Å². The highest BCUT2D eigenvalue weighted by Gasteiger charge is 2.37. The smallest absolute Gasteiger partial charge is 0.339 e. The van der Waals surface area contributed by atoms with Gasteiger partial charge >= 0.3 is 5.97 Å². The molecule has 1 atom stereocenters. The number of carbonyl (C=O) groups excluding carboxylic acids is 1. The first-order chi connectivity index (χ1) is 10.2. The SMILES string of the molecule is COc1cc(OC)c2c(c1)C(=O)OC2c1ccccc1Cl. The number of esters is 1. The normalized spacial score (nSPS) is 16.3. The molecule has 0 saturated heterocycles. The molecule has 1 heterocycles. The second-order valence-corrected chi connectivity index (χ2v) is 5.00. The van der Waals surface area contributed by atoms with Crippen LogP contribution in [-0.2, 0) is 4.74 Å². The summed E-state index contributed by atoms with van der Waals surface area (Å²) in [5.41, 5.74) is 1.85. The molecule has 0 bridgehead atoms. The molecule has 4 nitrogen and oxygen atoms in total. The molecule has 1 unspecified atom stereocenters. The summed E-state index contributed by atoms with van der Waals surface area (Å²) in [6.07, 6.45) is -0.568. The highest BCUT2D eigenvalue weighted by molar-refractivity contribution is 6.31. The summed E-state index contributed by atoms with van der Waals surface area (Å²) >= 11 is 6.22. The topological polar surface area (TPSA) is 44.8 Å². The summed E-state index contributed by atoms with van der Waals surface area (Å²) in [5.74, 6) is 0.676. The van der Waals surface area contributed by atoms with Crippen LogP contribution in [-0.4, -0.2) is 20.2 Å². The third kappa shape index (κ3) is 2.21. The van der Waals surface area contributed by atoms with Crippen molar-refractivity contribution in [2.24, 2.45) is 0 Å². The molecule has 0 fully saturated rings. The number of cyclic esters (lactones) is 1. The van der Waals surface area contributed by atoms with E-state index in [0.29, 0.717) is 27.6 Å². The van der Waals surface area contributed by atoms with Gasteiger partial charge in [0, 0.05) is 16.7 Å². The highest BCUT2D eigenvalue weighted by atomic mass is 35.5. The van der Waals surface area contributed by atoms with E-state index in [1.165, 1.54) is 7.11 Å². The van der Waals surface area contributed by atoms with Crippen LogP contribution >= 0.6 is 11.6 Å². The van der Waals surface area contributed by atoms with Gasteiger partial charge in [-0.25, -0.2) is 4.79 Å². The monoisotopic (exact) mass is 304 g/mol. The Morgan fingerprint density at radius 1 is 1.14 bits per heavy atom.